The molecule has 0 atom stereocenters. The molecule has 0 saturated heterocycles. The Balaban J connectivity index is 1.65. The van der Waals surface area contributed by atoms with Gasteiger partial charge in [-0.15, -0.1) is 0 Å². The van der Waals surface area contributed by atoms with Crippen LogP contribution in [0.1, 0.15) is 17.8 Å². The maximum Gasteiger partial charge on any atom is 0.258 e. The number of H-pyrrole nitrogens is 1. The van der Waals surface area contributed by atoms with E-state index in [9.17, 15) is 9.59 Å². The molecular formula is C21H23N3O4. The van der Waals surface area contributed by atoms with E-state index in [4.69, 9.17) is 9.47 Å². The van der Waals surface area contributed by atoms with Crippen molar-refractivity contribution in [3.05, 3.63) is 64.2 Å². The van der Waals surface area contributed by atoms with Crippen molar-refractivity contribution in [3.8, 4) is 5.75 Å². The second-order valence-electron chi connectivity index (χ2n) is 6.42. The standard InChI is InChI=1S/C21H23N3O4/c1-14-7-8-17(18(13-14)28-12-11-27-2)23-20(25)10-9-19-22-16-6-4-3-5-15(16)21(26)24-19/h3-8,13H,9-12H2,1-2H3,(H,23,25)(H,22,24,26). The second kappa shape index (κ2) is 9.14. The molecule has 7 nitrogen and oxygen atoms in total. The largest absolute Gasteiger partial charge is 0.489 e. The Morgan fingerprint density at radius 3 is 2.82 bits per heavy atom. The zero-order valence-electron chi connectivity index (χ0n) is 16.0. The summed E-state index contributed by atoms with van der Waals surface area (Å²) in [7, 11) is 1.60. The number of aromatic amines is 1. The number of fused-ring (bicyclic) bond motifs is 1. The van der Waals surface area contributed by atoms with E-state index in [0.717, 1.165) is 5.56 Å². The first kappa shape index (κ1) is 19.6. The molecule has 0 saturated carbocycles. The van der Waals surface area contributed by atoms with Gasteiger partial charge >= 0.3 is 0 Å². The van der Waals surface area contributed by atoms with Crippen molar-refractivity contribution in [1.29, 1.82) is 0 Å². The van der Waals surface area contributed by atoms with E-state index in [2.05, 4.69) is 15.3 Å². The number of hydrogen-bond acceptors (Lipinski definition) is 5. The Kier molecular flexibility index (Phi) is 6.39. The topological polar surface area (TPSA) is 93.3 Å². The Labute approximate surface area is 162 Å². The molecule has 1 amide bonds. The number of aryl methyl sites for hydroxylation is 2. The summed E-state index contributed by atoms with van der Waals surface area (Å²) in [6, 6.07) is 12.7. The zero-order valence-corrected chi connectivity index (χ0v) is 16.0. The second-order valence-corrected chi connectivity index (χ2v) is 6.42. The minimum absolute atomic E-state index is 0.184. The number of nitrogens with zero attached hydrogens (tertiary/aromatic N) is 1. The third-order valence-corrected chi connectivity index (χ3v) is 4.21. The number of anilines is 1. The normalized spacial score (nSPS) is 10.8. The SMILES string of the molecule is COCCOc1cc(C)ccc1NC(=O)CCc1nc2ccccc2c(=O)[nH]1. The average Bonchev–Trinajstić information content (AvgIpc) is 2.69. The Morgan fingerprint density at radius 1 is 1.18 bits per heavy atom. The minimum atomic E-state index is -0.201. The first-order chi connectivity index (χ1) is 13.6. The summed E-state index contributed by atoms with van der Waals surface area (Å²) in [5.74, 6) is 0.901. The van der Waals surface area contributed by atoms with Crippen LogP contribution in [0.3, 0.4) is 0 Å². The number of ether oxygens (including phenoxy) is 2. The molecule has 0 fully saturated rings. The predicted molar refractivity (Wildman–Crippen MR) is 108 cm³/mol. The molecule has 1 heterocycles. The van der Waals surface area contributed by atoms with Crippen molar-refractivity contribution in [2.75, 3.05) is 25.6 Å². The molecule has 146 valence electrons. The number of rotatable bonds is 8. The summed E-state index contributed by atoms with van der Waals surface area (Å²) in [5.41, 5.74) is 2.05. The lowest BCUT2D eigenvalue weighted by molar-refractivity contribution is -0.116. The Hall–Kier alpha value is -3.19. The first-order valence-electron chi connectivity index (χ1n) is 9.07. The molecule has 3 aromatic rings. The summed E-state index contributed by atoms with van der Waals surface area (Å²) in [5, 5.41) is 3.40. The van der Waals surface area contributed by atoms with E-state index in [1.54, 1.807) is 25.3 Å². The van der Waals surface area contributed by atoms with Crippen LogP contribution in [-0.2, 0) is 16.0 Å². The number of nitrogens with one attached hydrogen (secondary N) is 2. The molecule has 2 aromatic carbocycles. The number of benzene rings is 2. The van der Waals surface area contributed by atoms with Gasteiger partial charge in [0.25, 0.3) is 5.56 Å². The molecule has 0 spiro atoms. The van der Waals surface area contributed by atoms with E-state index in [1.165, 1.54) is 0 Å². The van der Waals surface area contributed by atoms with E-state index >= 15 is 0 Å². The van der Waals surface area contributed by atoms with E-state index < -0.39 is 0 Å². The van der Waals surface area contributed by atoms with Crippen molar-refractivity contribution in [2.24, 2.45) is 0 Å². The lowest BCUT2D eigenvalue weighted by atomic mass is 10.2. The van der Waals surface area contributed by atoms with Crippen molar-refractivity contribution in [3.63, 3.8) is 0 Å². The van der Waals surface area contributed by atoms with E-state index in [-0.39, 0.29) is 17.9 Å². The summed E-state index contributed by atoms with van der Waals surface area (Å²) in [6.07, 6.45) is 0.518. The highest BCUT2D eigenvalue weighted by Crippen LogP contribution is 2.26. The Bertz CT molecular complexity index is 1030. The monoisotopic (exact) mass is 381 g/mol. The van der Waals surface area contributed by atoms with Crippen molar-refractivity contribution < 1.29 is 14.3 Å². The van der Waals surface area contributed by atoms with Crippen LogP contribution in [0.5, 0.6) is 5.75 Å². The van der Waals surface area contributed by atoms with Gasteiger partial charge in [0.1, 0.15) is 18.2 Å². The summed E-state index contributed by atoms with van der Waals surface area (Å²) >= 11 is 0. The molecule has 2 N–H and O–H groups in total. The highest BCUT2D eigenvalue weighted by Gasteiger charge is 2.10. The van der Waals surface area contributed by atoms with Crippen LogP contribution in [0.4, 0.5) is 5.69 Å². The smallest absolute Gasteiger partial charge is 0.258 e. The molecule has 0 radical (unpaired) electrons. The number of carbonyl (C=O) groups is 1. The highest BCUT2D eigenvalue weighted by molar-refractivity contribution is 5.92. The fraction of sp³-hybridized carbons (Fsp3) is 0.286. The molecule has 0 bridgehead atoms. The van der Waals surface area contributed by atoms with Gasteiger partial charge in [-0.3, -0.25) is 9.59 Å². The number of amides is 1. The van der Waals surface area contributed by atoms with Crippen LogP contribution in [0.2, 0.25) is 0 Å². The van der Waals surface area contributed by atoms with Gasteiger partial charge in [0.15, 0.2) is 0 Å². The molecule has 7 heteroatoms. The first-order valence-corrected chi connectivity index (χ1v) is 9.07. The molecule has 1 aromatic heterocycles. The van der Waals surface area contributed by atoms with Gasteiger partial charge < -0.3 is 19.8 Å². The fourth-order valence-corrected chi connectivity index (χ4v) is 2.79. The molecule has 0 aliphatic rings. The van der Waals surface area contributed by atoms with Gasteiger partial charge in [-0.2, -0.15) is 0 Å². The average molecular weight is 381 g/mol. The van der Waals surface area contributed by atoms with Crippen molar-refractivity contribution in [2.45, 2.75) is 19.8 Å². The molecule has 0 aliphatic heterocycles. The van der Waals surface area contributed by atoms with Gasteiger partial charge in [-0.1, -0.05) is 18.2 Å². The number of carbonyl (C=O) groups excluding carboxylic acids is 1. The molecular weight excluding hydrogens is 358 g/mol. The zero-order chi connectivity index (χ0) is 19.9. The van der Waals surface area contributed by atoms with Crippen LogP contribution in [-0.4, -0.2) is 36.2 Å². The number of hydrogen-bond donors (Lipinski definition) is 2. The summed E-state index contributed by atoms with van der Waals surface area (Å²) in [4.78, 5) is 31.7. The van der Waals surface area contributed by atoms with Gasteiger partial charge in [0.05, 0.1) is 23.2 Å². The van der Waals surface area contributed by atoms with Crippen LogP contribution >= 0.6 is 0 Å². The van der Waals surface area contributed by atoms with Gasteiger partial charge in [0, 0.05) is 20.0 Å². The van der Waals surface area contributed by atoms with Gasteiger partial charge in [-0.25, -0.2) is 4.98 Å². The highest BCUT2D eigenvalue weighted by atomic mass is 16.5. The van der Waals surface area contributed by atoms with Crippen molar-refractivity contribution in [1.82, 2.24) is 9.97 Å². The maximum atomic E-state index is 12.4. The van der Waals surface area contributed by atoms with Crippen LogP contribution in [0.15, 0.2) is 47.3 Å². The third-order valence-electron chi connectivity index (χ3n) is 4.21. The fourth-order valence-electron chi connectivity index (χ4n) is 2.79. The maximum absolute atomic E-state index is 12.4. The van der Waals surface area contributed by atoms with Crippen LogP contribution in [0, 0.1) is 6.92 Å². The van der Waals surface area contributed by atoms with E-state index in [0.29, 0.717) is 47.8 Å². The number of methoxy groups -OCH3 is 1. The van der Waals surface area contributed by atoms with E-state index in [1.807, 2.05) is 31.2 Å². The summed E-state index contributed by atoms with van der Waals surface area (Å²) < 4.78 is 10.7. The number of para-hydroxylation sites is 1. The molecule has 0 aliphatic carbocycles. The molecule has 28 heavy (non-hydrogen) atoms. The van der Waals surface area contributed by atoms with Gasteiger partial charge in [0.2, 0.25) is 5.91 Å². The molecule has 3 rings (SSSR count). The Morgan fingerprint density at radius 2 is 2.00 bits per heavy atom. The lowest BCUT2D eigenvalue weighted by Gasteiger charge is -2.13. The minimum Gasteiger partial charge on any atom is -0.489 e. The van der Waals surface area contributed by atoms with Gasteiger partial charge in [-0.05, 0) is 36.8 Å². The van der Waals surface area contributed by atoms with Crippen LogP contribution < -0.4 is 15.6 Å². The van der Waals surface area contributed by atoms with Crippen molar-refractivity contribution >= 4 is 22.5 Å². The lowest BCUT2D eigenvalue weighted by Crippen LogP contribution is -2.17. The molecule has 0 unspecified atom stereocenters. The van der Waals surface area contributed by atoms with Crippen LogP contribution in [0.25, 0.3) is 10.9 Å². The summed E-state index contributed by atoms with van der Waals surface area (Å²) in [6.45, 7) is 2.81. The number of aromatic nitrogens is 2. The predicted octanol–water partition coefficient (Wildman–Crippen LogP) is 2.83. The quantitative estimate of drug-likeness (QED) is 0.585. The third kappa shape index (κ3) is 4.95.